The molecule has 1 aromatic carbocycles. The van der Waals surface area contributed by atoms with Gasteiger partial charge in [0.15, 0.2) is 5.69 Å². The quantitative estimate of drug-likeness (QED) is 0.633. The summed E-state index contributed by atoms with van der Waals surface area (Å²) in [4.78, 5) is 23.8. The van der Waals surface area contributed by atoms with Crippen molar-refractivity contribution in [2.75, 3.05) is 0 Å². The predicted molar refractivity (Wildman–Crippen MR) is 100 cm³/mol. The lowest BCUT2D eigenvalue weighted by molar-refractivity contribution is -0.141. The van der Waals surface area contributed by atoms with Crippen molar-refractivity contribution < 1.29 is 22.7 Å². The zero-order valence-corrected chi connectivity index (χ0v) is 16.1. The number of nitrogens with zero attached hydrogens (tertiary/aromatic N) is 6. The Morgan fingerprint density at radius 2 is 1.84 bits per heavy atom. The highest BCUT2D eigenvalue weighted by Crippen LogP contribution is 2.41. The van der Waals surface area contributed by atoms with Crippen LogP contribution >= 0.6 is 0 Å². The summed E-state index contributed by atoms with van der Waals surface area (Å²) in [5.41, 5.74) is -0.0196. The van der Waals surface area contributed by atoms with E-state index >= 15 is 0 Å². The Morgan fingerprint density at radius 3 is 2.55 bits per heavy atom. The average Bonchev–Trinajstić information content (AvgIpc) is 3.50. The third kappa shape index (κ3) is 3.49. The normalized spacial score (nSPS) is 22.7. The van der Waals surface area contributed by atoms with Crippen molar-refractivity contribution >= 4 is 5.91 Å². The molecule has 0 aliphatic carbocycles. The fraction of sp³-hybridized carbons (Fsp3) is 0.350. The highest BCUT2D eigenvalue weighted by atomic mass is 19.4. The van der Waals surface area contributed by atoms with E-state index in [1.54, 1.807) is 18.2 Å². The van der Waals surface area contributed by atoms with Gasteiger partial charge in [-0.05, 0) is 25.0 Å². The molecular formula is C20H17F3N6O2. The van der Waals surface area contributed by atoms with Crippen LogP contribution in [0.5, 0.6) is 5.88 Å². The first-order chi connectivity index (χ1) is 14.9. The van der Waals surface area contributed by atoms with E-state index in [4.69, 9.17) is 4.74 Å². The van der Waals surface area contributed by atoms with Crippen molar-refractivity contribution in [1.29, 1.82) is 0 Å². The maximum absolute atomic E-state index is 13.4. The molecule has 3 aromatic rings. The van der Waals surface area contributed by atoms with Gasteiger partial charge >= 0.3 is 6.18 Å². The van der Waals surface area contributed by atoms with Gasteiger partial charge in [0, 0.05) is 12.5 Å². The number of para-hydroxylation sites is 1. The molecule has 11 heteroatoms. The Morgan fingerprint density at radius 1 is 1.06 bits per heavy atom. The SMILES string of the molecule is O=C(c1ccccc1-n1nccn1)N1[C@@H]2CC[C@H]1[C@H](Oc1cnc(C(F)(F)F)cn1)C2. The van der Waals surface area contributed by atoms with E-state index < -0.39 is 11.9 Å². The second-order valence-electron chi connectivity index (χ2n) is 7.48. The molecule has 2 fully saturated rings. The van der Waals surface area contributed by atoms with E-state index in [1.165, 1.54) is 17.2 Å². The number of benzene rings is 1. The van der Waals surface area contributed by atoms with Crippen LogP contribution in [-0.4, -0.2) is 54.0 Å². The predicted octanol–water partition coefficient (Wildman–Crippen LogP) is 2.90. The van der Waals surface area contributed by atoms with E-state index in [2.05, 4.69) is 20.2 Å². The number of aromatic nitrogens is 5. The van der Waals surface area contributed by atoms with Crippen LogP contribution in [0.1, 0.15) is 35.3 Å². The third-order valence-corrected chi connectivity index (χ3v) is 5.67. The fourth-order valence-electron chi connectivity index (χ4n) is 4.36. The largest absolute Gasteiger partial charge is 0.471 e. The molecule has 0 spiro atoms. The van der Waals surface area contributed by atoms with Gasteiger partial charge in [0.2, 0.25) is 5.88 Å². The zero-order chi connectivity index (χ0) is 21.6. The molecule has 8 nitrogen and oxygen atoms in total. The number of carbonyl (C=O) groups is 1. The Hall–Kier alpha value is -3.50. The molecule has 2 aliphatic rings. The summed E-state index contributed by atoms with van der Waals surface area (Å²) in [6.45, 7) is 0. The molecule has 31 heavy (non-hydrogen) atoms. The van der Waals surface area contributed by atoms with Gasteiger partial charge in [-0.1, -0.05) is 12.1 Å². The molecule has 4 heterocycles. The Bertz CT molecular complexity index is 1090. The molecule has 160 valence electrons. The first kappa shape index (κ1) is 19.5. The van der Waals surface area contributed by atoms with Gasteiger partial charge in [-0.25, -0.2) is 9.97 Å². The number of fused-ring (bicyclic) bond motifs is 2. The molecule has 0 N–H and O–H groups in total. The molecule has 3 atom stereocenters. The van der Waals surface area contributed by atoms with Crippen molar-refractivity contribution in [3.63, 3.8) is 0 Å². The highest BCUT2D eigenvalue weighted by Gasteiger charge is 2.50. The molecule has 2 aliphatic heterocycles. The van der Waals surface area contributed by atoms with Gasteiger partial charge in [0.25, 0.3) is 5.91 Å². The van der Waals surface area contributed by atoms with Gasteiger partial charge in [-0.15, -0.1) is 0 Å². The molecule has 2 aromatic heterocycles. The van der Waals surface area contributed by atoms with Crippen molar-refractivity contribution in [1.82, 2.24) is 29.9 Å². The zero-order valence-electron chi connectivity index (χ0n) is 16.1. The number of amides is 1. The Kier molecular flexibility index (Phi) is 4.60. The number of halogens is 3. The summed E-state index contributed by atoms with van der Waals surface area (Å²) >= 11 is 0. The number of alkyl halides is 3. The maximum Gasteiger partial charge on any atom is 0.434 e. The van der Waals surface area contributed by atoms with Crippen molar-refractivity contribution in [3.8, 4) is 11.6 Å². The monoisotopic (exact) mass is 430 g/mol. The van der Waals surface area contributed by atoms with Gasteiger partial charge in [0.05, 0.1) is 42.1 Å². The van der Waals surface area contributed by atoms with Crippen molar-refractivity contribution in [2.24, 2.45) is 0 Å². The second-order valence-corrected chi connectivity index (χ2v) is 7.48. The van der Waals surface area contributed by atoms with E-state index in [0.29, 0.717) is 23.9 Å². The number of hydrogen-bond acceptors (Lipinski definition) is 6. The molecular weight excluding hydrogens is 413 g/mol. The minimum absolute atomic E-state index is 0.0106. The van der Waals surface area contributed by atoms with Crippen LogP contribution in [0.15, 0.2) is 49.1 Å². The maximum atomic E-state index is 13.4. The minimum Gasteiger partial charge on any atom is -0.471 e. The van der Waals surface area contributed by atoms with Crippen LogP contribution in [-0.2, 0) is 6.18 Å². The fourth-order valence-corrected chi connectivity index (χ4v) is 4.36. The Balaban J connectivity index is 1.36. The van der Waals surface area contributed by atoms with Crippen LogP contribution < -0.4 is 4.74 Å². The van der Waals surface area contributed by atoms with E-state index in [9.17, 15) is 18.0 Å². The van der Waals surface area contributed by atoms with E-state index in [1.807, 2.05) is 11.0 Å². The highest BCUT2D eigenvalue weighted by molar-refractivity contribution is 5.98. The molecule has 2 saturated heterocycles. The lowest BCUT2D eigenvalue weighted by Crippen LogP contribution is -2.39. The van der Waals surface area contributed by atoms with Crippen LogP contribution in [0.25, 0.3) is 5.69 Å². The van der Waals surface area contributed by atoms with Crippen LogP contribution in [0.3, 0.4) is 0 Å². The third-order valence-electron chi connectivity index (χ3n) is 5.67. The van der Waals surface area contributed by atoms with Crippen molar-refractivity contribution in [3.05, 3.63) is 60.3 Å². The van der Waals surface area contributed by atoms with E-state index in [-0.39, 0.29) is 30.0 Å². The first-order valence-corrected chi connectivity index (χ1v) is 9.76. The smallest absolute Gasteiger partial charge is 0.434 e. The molecule has 0 radical (unpaired) electrons. The average molecular weight is 430 g/mol. The molecule has 2 bridgehead atoms. The first-order valence-electron chi connectivity index (χ1n) is 9.76. The molecule has 0 saturated carbocycles. The van der Waals surface area contributed by atoms with Crippen LogP contribution in [0.4, 0.5) is 13.2 Å². The number of rotatable bonds is 4. The van der Waals surface area contributed by atoms with Crippen LogP contribution in [0.2, 0.25) is 0 Å². The topological polar surface area (TPSA) is 86.0 Å². The summed E-state index contributed by atoms with van der Waals surface area (Å²) < 4.78 is 43.9. The number of hydrogen-bond donors (Lipinski definition) is 0. The summed E-state index contributed by atoms with van der Waals surface area (Å²) in [5, 5.41) is 8.24. The summed E-state index contributed by atoms with van der Waals surface area (Å²) in [6.07, 6.45) is 1.96. The van der Waals surface area contributed by atoms with E-state index in [0.717, 1.165) is 19.0 Å². The van der Waals surface area contributed by atoms with Gasteiger partial charge in [-0.3, -0.25) is 4.79 Å². The summed E-state index contributed by atoms with van der Waals surface area (Å²) in [7, 11) is 0. The van der Waals surface area contributed by atoms with Gasteiger partial charge in [-0.2, -0.15) is 28.2 Å². The van der Waals surface area contributed by atoms with Crippen LogP contribution in [0, 0.1) is 0 Å². The molecule has 0 unspecified atom stereocenters. The second kappa shape index (κ2) is 7.33. The molecule has 5 rings (SSSR count). The van der Waals surface area contributed by atoms with Gasteiger partial charge in [0.1, 0.15) is 6.10 Å². The Labute approximate surface area is 174 Å². The summed E-state index contributed by atoms with van der Waals surface area (Å²) in [5.74, 6) is -0.135. The lowest BCUT2D eigenvalue weighted by atomic mass is 9.98. The lowest BCUT2D eigenvalue weighted by Gasteiger charge is -2.25. The minimum atomic E-state index is -4.56. The molecule has 1 amide bonds. The summed E-state index contributed by atoms with van der Waals surface area (Å²) in [6, 6.07) is 6.89. The standard InChI is InChI=1S/C20H17F3N6O2/c21-20(22,23)17-10-25-18(11-24-17)31-16-9-12-5-6-15(16)28(12)19(30)13-3-1-2-4-14(13)29-26-7-8-27-29/h1-4,7-8,10-12,15-16H,5-6,9H2/t12-,15+,16-/m1/s1. The number of ether oxygens (including phenoxy) is 1. The number of carbonyl (C=O) groups excluding carboxylic acids is 1. The van der Waals surface area contributed by atoms with Gasteiger partial charge < -0.3 is 9.64 Å². The van der Waals surface area contributed by atoms with Crippen molar-refractivity contribution in [2.45, 2.75) is 43.6 Å².